The fourth-order valence-electron chi connectivity index (χ4n) is 2.88. The fourth-order valence-corrected chi connectivity index (χ4v) is 2.88. The molecular weight excluding hydrogens is 258 g/mol. The van der Waals surface area contributed by atoms with Crippen LogP contribution < -0.4 is 10.2 Å². The van der Waals surface area contributed by atoms with Gasteiger partial charge in [0, 0.05) is 31.4 Å². The number of aromatic nitrogens is 1. The Kier molecular flexibility index (Phi) is 6.50. The second-order valence-corrected chi connectivity index (χ2v) is 6.47. The van der Waals surface area contributed by atoms with E-state index in [1.165, 1.54) is 49.2 Å². The van der Waals surface area contributed by atoms with Crippen molar-refractivity contribution in [2.24, 2.45) is 0 Å². The van der Waals surface area contributed by atoms with Crippen LogP contribution in [0, 0.1) is 0 Å². The molecule has 2 rings (SSSR count). The van der Waals surface area contributed by atoms with Crippen LogP contribution in [0.15, 0.2) is 12.1 Å². The summed E-state index contributed by atoms with van der Waals surface area (Å²) in [5.41, 5.74) is 2.59. The molecule has 2 heterocycles. The van der Waals surface area contributed by atoms with Crippen LogP contribution in [0.5, 0.6) is 0 Å². The van der Waals surface area contributed by atoms with E-state index in [1.54, 1.807) is 0 Å². The molecule has 0 saturated carbocycles. The summed E-state index contributed by atoms with van der Waals surface area (Å²) < 4.78 is 0. The number of nitrogens with zero attached hydrogens (tertiary/aromatic N) is 2. The van der Waals surface area contributed by atoms with Gasteiger partial charge in [-0.1, -0.05) is 40.0 Å². The largest absolute Gasteiger partial charge is 0.357 e. The highest BCUT2D eigenvalue weighted by Crippen LogP contribution is 2.20. The molecule has 21 heavy (non-hydrogen) atoms. The highest BCUT2D eigenvalue weighted by molar-refractivity contribution is 5.43. The monoisotopic (exact) mass is 289 g/mol. The Balaban J connectivity index is 2.13. The molecule has 0 radical (unpaired) electrons. The quantitative estimate of drug-likeness (QED) is 0.890. The lowest BCUT2D eigenvalue weighted by Gasteiger charge is -2.27. The Hall–Kier alpha value is -1.09. The molecule has 1 fully saturated rings. The van der Waals surface area contributed by atoms with Gasteiger partial charge in [0.25, 0.3) is 0 Å². The zero-order valence-corrected chi connectivity index (χ0v) is 14.0. The first kappa shape index (κ1) is 16.3. The lowest BCUT2D eigenvalue weighted by molar-refractivity contribution is 0.552. The van der Waals surface area contributed by atoms with Crippen molar-refractivity contribution in [1.82, 2.24) is 10.3 Å². The summed E-state index contributed by atoms with van der Waals surface area (Å²) in [4.78, 5) is 7.37. The van der Waals surface area contributed by atoms with Gasteiger partial charge in [0.05, 0.1) is 0 Å². The van der Waals surface area contributed by atoms with E-state index in [-0.39, 0.29) is 0 Å². The summed E-state index contributed by atoms with van der Waals surface area (Å²) in [6.07, 6.45) is 7.75. The minimum absolute atomic E-state index is 0.522. The van der Waals surface area contributed by atoms with Gasteiger partial charge in [-0.05, 0) is 37.0 Å². The van der Waals surface area contributed by atoms with E-state index in [1.807, 2.05) is 0 Å². The van der Waals surface area contributed by atoms with Crippen LogP contribution in [0.2, 0.25) is 0 Å². The minimum Gasteiger partial charge on any atom is -0.357 e. The highest BCUT2D eigenvalue weighted by Gasteiger charge is 2.12. The average molecular weight is 289 g/mol. The summed E-state index contributed by atoms with van der Waals surface area (Å²) in [7, 11) is 0. The summed E-state index contributed by atoms with van der Waals surface area (Å²) in [6.45, 7) is 9.85. The van der Waals surface area contributed by atoms with Gasteiger partial charge in [-0.3, -0.25) is 0 Å². The van der Waals surface area contributed by atoms with Crippen molar-refractivity contribution in [1.29, 1.82) is 0 Å². The molecule has 3 heteroatoms. The lowest BCUT2D eigenvalue weighted by Crippen LogP contribution is -2.28. The van der Waals surface area contributed by atoms with Gasteiger partial charge in [0.15, 0.2) is 0 Å². The van der Waals surface area contributed by atoms with E-state index in [0.717, 1.165) is 26.1 Å². The van der Waals surface area contributed by atoms with Gasteiger partial charge in [-0.2, -0.15) is 0 Å². The van der Waals surface area contributed by atoms with Gasteiger partial charge in [-0.15, -0.1) is 0 Å². The van der Waals surface area contributed by atoms with E-state index in [4.69, 9.17) is 4.98 Å². The van der Waals surface area contributed by atoms with Crippen molar-refractivity contribution in [3.8, 4) is 0 Å². The molecule has 1 aromatic heterocycles. The summed E-state index contributed by atoms with van der Waals surface area (Å²) in [5.74, 6) is 1.19. The van der Waals surface area contributed by atoms with Crippen molar-refractivity contribution in [3.05, 3.63) is 23.4 Å². The molecule has 0 spiro atoms. The molecule has 3 nitrogen and oxygen atoms in total. The topological polar surface area (TPSA) is 28.2 Å². The Morgan fingerprint density at radius 1 is 1.10 bits per heavy atom. The van der Waals surface area contributed by atoms with Crippen molar-refractivity contribution in [2.45, 2.75) is 71.9 Å². The maximum atomic E-state index is 4.87. The molecule has 1 aliphatic rings. The second-order valence-electron chi connectivity index (χ2n) is 6.47. The molecule has 0 bridgehead atoms. The normalized spacial score (nSPS) is 16.9. The van der Waals surface area contributed by atoms with E-state index in [2.05, 4.69) is 43.1 Å². The number of anilines is 1. The van der Waals surface area contributed by atoms with Gasteiger partial charge in [0.1, 0.15) is 5.82 Å². The van der Waals surface area contributed by atoms with Gasteiger partial charge >= 0.3 is 0 Å². The number of hydrogen-bond acceptors (Lipinski definition) is 3. The maximum absolute atomic E-state index is 4.87. The predicted molar refractivity (Wildman–Crippen MR) is 90.9 cm³/mol. The molecule has 0 amide bonds. The van der Waals surface area contributed by atoms with E-state index in [0.29, 0.717) is 6.04 Å². The van der Waals surface area contributed by atoms with E-state index in [9.17, 15) is 0 Å². The van der Waals surface area contributed by atoms with E-state index < -0.39 is 0 Å². The summed E-state index contributed by atoms with van der Waals surface area (Å²) in [6, 6.07) is 5.06. The van der Waals surface area contributed by atoms with Crippen molar-refractivity contribution in [2.75, 3.05) is 18.0 Å². The standard InChI is InChI=1S/C18H31N3/c1-4-17-12-16(14-19-15(2)3)13-18(20-17)21-10-8-6-5-7-9-11-21/h12-13,15,19H,4-11,14H2,1-3H3. The molecule has 1 N–H and O–H groups in total. The third kappa shape index (κ3) is 5.31. The number of hydrogen-bond donors (Lipinski definition) is 1. The van der Waals surface area contributed by atoms with Crippen LogP contribution in [-0.2, 0) is 13.0 Å². The minimum atomic E-state index is 0.522. The zero-order valence-electron chi connectivity index (χ0n) is 14.0. The Morgan fingerprint density at radius 3 is 2.38 bits per heavy atom. The van der Waals surface area contributed by atoms with Crippen molar-refractivity contribution < 1.29 is 0 Å². The van der Waals surface area contributed by atoms with Crippen molar-refractivity contribution >= 4 is 5.82 Å². The molecule has 0 unspecified atom stereocenters. The van der Waals surface area contributed by atoms with Crippen LogP contribution >= 0.6 is 0 Å². The van der Waals surface area contributed by atoms with Crippen LogP contribution in [0.25, 0.3) is 0 Å². The molecule has 1 aromatic rings. The molecule has 0 atom stereocenters. The zero-order chi connectivity index (χ0) is 15.1. The summed E-state index contributed by atoms with van der Waals surface area (Å²) in [5, 5.41) is 3.52. The van der Waals surface area contributed by atoms with Gasteiger partial charge < -0.3 is 10.2 Å². The number of aryl methyl sites for hydroxylation is 1. The smallest absolute Gasteiger partial charge is 0.129 e. The average Bonchev–Trinajstić information content (AvgIpc) is 2.44. The first-order chi connectivity index (χ1) is 10.2. The molecule has 0 aromatic carbocycles. The molecule has 118 valence electrons. The van der Waals surface area contributed by atoms with Crippen molar-refractivity contribution in [3.63, 3.8) is 0 Å². The molecule has 0 aliphatic carbocycles. The SMILES string of the molecule is CCc1cc(CNC(C)C)cc(N2CCCCCCC2)n1. The van der Waals surface area contributed by atoms with E-state index >= 15 is 0 Å². The van der Waals surface area contributed by atoms with Crippen LogP contribution in [-0.4, -0.2) is 24.1 Å². The van der Waals surface area contributed by atoms with Gasteiger partial charge in [-0.25, -0.2) is 4.98 Å². The predicted octanol–water partition coefficient (Wildman–Crippen LogP) is 3.91. The highest BCUT2D eigenvalue weighted by atomic mass is 15.2. The number of pyridine rings is 1. The first-order valence-corrected chi connectivity index (χ1v) is 8.67. The third-order valence-corrected chi connectivity index (χ3v) is 4.18. The Morgan fingerprint density at radius 2 is 1.76 bits per heavy atom. The fraction of sp³-hybridized carbons (Fsp3) is 0.722. The molecular formula is C18H31N3. The van der Waals surface area contributed by atoms with Crippen LogP contribution in [0.4, 0.5) is 5.82 Å². The molecule has 1 aliphatic heterocycles. The van der Waals surface area contributed by atoms with Gasteiger partial charge in [0.2, 0.25) is 0 Å². The van der Waals surface area contributed by atoms with Crippen LogP contribution in [0.3, 0.4) is 0 Å². The molecule has 1 saturated heterocycles. The maximum Gasteiger partial charge on any atom is 0.129 e. The lowest BCUT2D eigenvalue weighted by atomic mass is 10.1. The Bertz CT molecular complexity index is 420. The second kappa shape index (κ2) is 8.38. The number of rotatable bonds is 5. The Labute approximate surface area is 130 Å². The van der Waals surface area contributed by atoms with Crippen LogP contribution in [0.1, 0.15) is 64.1 Å². The first-order valence-electron chi connectivity index (χ1n) is 8.67. The third-order valence-electron chi connectivity index (χ3n) is 4.18. The summed E-state index contributed by atoms with van der Waals surface area (Å²) >= 11 is 0. The number of nitrogens with one attached hydrogen (secondary N) is 1.